The number of ether oxygens (including phenoxy) is 1. The average Bonchev–Trinajstić information content (AvgIpc) is 3.29. The van der Waals surface area contributed by atoms with E-state index in [1.54, 1.807) is 12.1 Å². The van der Waals surface area contributed by atoms with Crippen molar-refractivity contribution < 1.29 is 13.9 Å². The second-order valence-electron chi connectivity index (χ2n) is 5.54. The Morgan fingerprint density at radius 3 is 2.71 bits per heavy atom. The van der Waals surface area contributed by atoms with E-state index < -0.39 is 0 Å². The van der Waals surface area contributed by atoms with Crippen LogP contribution in [0, 0.1) is 11.7 Å². The summed E-state index contributed by atoms with van der Waals surface area (Å²) in [6.07, 6.45) is 4.15. The molecule has 116 valence electrons. The van der Waals surface area contributed by atoms with Gasteiger partial charge < -0.3 is 15.4 Å². The monoisotopic (exact) mass is 294 g/mol. The maximum Gasteiger partial charge on any atom is 0.315 e. The quantitative estimate of drug-likeness (QED) is 0.724. The van der Waals surface area contributed by atoms with E-state index in [4.69, 9.17) is 4.74 Å². The van der Waals surface area contributed by atoms with Gasteiger partial charge in [-0.1, -0.05) is 0 Å². The number of urea groups is 1. The number of rotatable bonds is 8. The second kappa shape index (κ2) is 7.86. The van der Waals surface area contributed by atoms with Gasteiger partial charge in [0.2, 0.25) is 0 Å². The highest BCUT2D eigenvalue weighted by Gasteiger charge is 2.28. The van der Waals surface area contributed by atoms with E-state index in [-0.39, 0.29) is 17.9 Å². The minimum Gasteiger partial charge on any atom is -0.494 e. The predicted molar refractivity (Wildman–Crippen MR) is 79.8 cm³/mol. The lowest BCUT2D eigenvalue weighted by atomic mass is 10.2. The Labute approximate surface area is 125 Å². The summed E-state index contributed by atoms with van der Waals surface area (Å²) in [6.45, 7) is 3.25. The van der Waals surface area contributed by atoms with Gasteiger partial charge in [-0.25, -0.2) is 9.18 Å². The van der Waals surface area contributed by atoms with E-state index in [0.717, 1.165) is 12.8 Å². The summed E-state index contributed by atoms with van der Waals surface area (Å²) in [7, 11) is 0. The van der Waals surface area contributed by atoms with E-state index in [9.17, 15) is 9.18 Å². The first-order valence-electron chi connectivity index (χ1n) is 7.58. The highest BCUT2D eigenvalue weighted by Crippen LogP contribution is 2.32. The van der Waals surface area contributed by atoms with Crippen molar-refractivity contribution in [3.8, 4) is 5.75 Å². The Hall–Kier alpha value is -1.78. The zero-order valence-electron chi connectivity index (χ0n) is 12.4. The summed E-state index contributed by atoms with van der Waals surface area (Å²) in [6, 6.07) is 6.16. The van der Waals surface area contributed by atoms with Crippen molar-refractivity contribution >= 4 is 6.03 Å². The van der Waals surface area contributed by atoms with Crippen molar-refractivity contribution in [3.05, 3.63) is 30.1 Å². The zero-order valence-corrected chi connectivity index (χ0v) is 12.4. The fraction of sp³-hybridized carbons (Fsp3) is 0.562. The van der Waals surface area contributed by atoms with Crippen molar-refractivity contribution in [2.75, 3.05) is 13.2 Å². The minimum absolute atomic E-state index is 0.0890. The van der Waals surface area contributed by atoms with Crippen LogP contribution in [0.5, 0.6) is 5.75 Å². The number of hydrogen-bond acceptors (Lipinski definition) is 2. The van der Waals surface area contributed by atoms with Crippen LogP contribution in [0.3, 0.4) is 0 Å². The highest BCUT2D eigenvalue weighted by molar-refractivity contribution is 5.74. The first kappa shape index (κ1) is 15.6. The largest absolute Gasteiger partial charge is 0.494 e. The molecule has 1 atom stereocenters. The van der Waals surface area contributed by atoms with E-state index in [1.807, 2.05) is 6.92 Å². The number of unbranched alkanes of at least 4 members (excludes halogenated alkanes) is 1. The lowest BCUT2D eigenvalue weighted by molar-refractivity contribution is 0.235. The second-order valence-corrected chi connectivity index (χ2v) is 5.54. The SMILES string of the molecule is CC(NC(=O)NCCCCOc1ccc(F)cc1)C1CC1. The molecular weight excluding hydrogens is 271 g/mol. The third kappa shape index (κ3) is 6.02. The Kier molecular flexibility index (Phi) is 5.84. The molecule has 2 rings (SSSR count). The molecule has 0 radical (unpaired) electrons. The van der Waals surface area contributed by atoms with E-state index in [2.05, 4.69) is 10.6 Å². The Balaban J connectivity index is 1.47. The van der Waals surface area contributed by atoms with Gasteiger partial charge in [-0.15, -0.1) is 0 Å². The number of amides is 2. The van der Waals surface area contributed by atoms with Crippen LogP contribution < -0.4 is 15.4 Å². The zero-order chi connectivity index (χ0) is 15.1. The maximum atomic E-state index is 12.7. The van der Waals surface area contributed by atoms with Crippen LogP contribution in [-0.2, 0) is 0 Å². The lowest BCUT2D eigenvalue weighted by Gasteiger charge is -2.13. The van der Waals surface area contributed by atoms with Crippen molar-refractivity contribution in [1.82, 2.24) is 10.6 Å². The molecule has 1 unspecified atom stereocenters. The number of halogens is 1. The molecule has 0 saturated heterocycles. The van der Waals surface area contributed by atoms with Crippen molar-refractivity contribution in [3.63, 3.8) is 0 Å². The van der Waals surface area contributed by atoms with Crippen LogP contribution in [-0.4, -0.2) is 25.2 Å². The van der Waals surface area contributed by atoms with Crippen LogP contribution in [0.25, 0.3) is 0 Å². The fourth-order valence-electron chi connectivity index (χ4n) is 2.12. The van der Waals surface area contributed by atoms with Gasteiger partial charge in [0, 0.05) is 12.6 Å². The van der Waals surface area contributed by atoms with Crippen LogP contribution in [0.1, 0.15) is 32.6 Å². The van der Waals surface area contributed by atoms with Crippen LogP contribution in [0.2, 0.25) is 0 Å². The standard InChI is InChI=1S/C16H23FN2O2/c1-12(13-4-5-13)19-16(20)18-10-2-3-11-21-15-8-6-14(17)7-9-15/h6-9,12-13H,2-5,10-11H2,1H3,(H2,18,19,20). The first-order chi connectivity index (χ1) is 10.1. The molecule has 1 aromatic carbocycles. The molecule has 2 amide bonds. The molecule has 2 N–H and O–H groups in total. The molecule has 1 fully saturated rings. The molecule has 0 spiro atoms. The van der Waals surface area contributed by atoms with Gasteiger partial charge in [-0.2, -0.15) is 0 Å². The molecule has 21 heavy (non-hydrogen) atoms. The van der Waals surface area contributed by atoms with Crippen LogP contribution >= 0.6 is 0 Å². The molecular formula is C16H23FN2O2. The molecule has 5 heteroatoms. The maximum absolute atomic E-state index is 12.7. The summed E-state index contributed by atoms with van der Waals surface area (Å²) in [4.78, 5) is 11.6. The normalized spacial score (nSPS) is 15.3. The van der Waals surface area contributed by atoms with Crippen LogP contribution in [0.15, 0.2) is 24.3 Å². The third-order valence-electron chi connectivity index (χ3n) is 3.63. The summed E-state index contributed by atoms with van der Waals surface area (Å²) < 4.78 is 18.2. The van der Waals surface area contributed by atoms with E-state index >= 15 is 0 Å². The Morgan fingerprint density at radius 1 is 1.33 bits per heavy atom. The smallest absolute Gasteiger partial charge is 0.315 e. The fourth-order valence-corrected chi connectivity index (χ4v) is 2.12. The summed E-state index contributed by atoms with van der Waals surface area (Å²) in [5.74, 6) is 1.07. The van der Waals surface area contributed by atoms with Crippen molar-refractivity contribution in [2.45, 2.75) is 38.6 Å². The number of carbonyl (C=O) groups is 1. The molecule has 0 aliphatic heterocycles. The topological polar surface area (TPSA) is 50.4 Å². The summed E-state index contributed by atoms with van der Waals surface area (Å²) in [5.41, 5.74) is 0. The highest BCUT2D eigenvalue weighted by atomic mass is 19.1. The number of benzene rings is 1. The average molecular weight is 294 g/mol. The molecule has 0 heterocycles. The third-order valence-corrected chi connectivity index (χ3v) is 3.63. The van der Waals surface area contributed by atoms with Gasteiger partial charge >= 0.3 is 6.03 Å². The first-order valence-corrected chi connectivity index (χ1v) is 7.58. The summed E-state index contributed by atoms with van der Waals surface area (Å²) >= 11 is 0. The summed E-state index contributed by atoms with van der Waals surface area (Å²) in [5, 5.41) is 5.79. The number of carbonyl (C=O) groups excluding carboxylic acids is 1. The van der Waals surface area contributed by atoms with Gasteiger partial charge in [0.15, 0.2) is 0 Å². The number of nitrogens with one attached hydrogen (secondary N) is 2. The minimum atomic E-state index is -0.266. The van der Waals surface area contributed by atoms with E-state index in [0.29, 0.717) is 24.8 Å². The molecule has 1 aliphatic rings. The Bertz CT molecular complexity index is 446. The van der Waals surface area contributed by atoms with Gasteiger partial charge in [-0.05, 0) is 62.8 Å². The van der Waals surface area contributed by atoms with Crippen molar-refractivity contribution in [1.29, 1.82) is 0 Å². The lowest BCUT2D eigenvalue weighted by Crippen LogP contribution is -2.42. The van der Waals surface area contributed by atoms with Gasteiger partial charge in [0.1, 0.15) is 11.6 Å². The van der Waals surface area contributed by atoms with Gasteiger partial charge in [0.05, 0.1) is 6.61 Å². The molecule has 1 saturated carbocycles. The predicted octanol–water partition coefficient (Wildman–Crippen LogP) is 3.08. The van der Waals surface area contributed by atoms with Crippen molar-refractivity contribution in [2.24, 2.45) is 5.92 Å². The number of hydrogen-bond donors (Lipinski definition) is 2. The molecule has 0 bridgehead atoms. The van der Waals surface area contributed by atoms with Crippen LogP contribution in [0.4, 0.5) is 9.18 Å². The molecule has 0 aromatic heterocycles. The Morgan fingerprint density at radius 2 is 2.05 bits per heavy atom. The molecule has 4 nitrogen and oxygen atoms in total. The molecule has 1 aliphatic carbocycles. The van der Waals surface area contributed by atoms with E-state index in [1.165, 1.54) is 25.0 Å². The van der Waals surface area contributed by atoms with Gasteiger partial charge in [-0.3, -0.25) is 0 Å². The van der Waals surface area contributed by atoms with Gasteiger partial charge in [0.25, 0.3) is 0 Å². The molecule has 1 aromatic rings.